The third-order valence-electron chi connectivity index (χ3n) is 2.63. The van der Waals surface area contributed by atoms with E-state index in [1.165, 1.54) is 12.1 Å². The summed E-state index contributed by atoms with van der Waals surface area (Å²) in [5.41, 5.74) is 0. The van der Waals surface area contributed by atoms with Crippen molar-refractivity contribution in [1.82, 2.24) is 10.6 Å². The molecule has 0 radical (unpaired) electrons. The molecule has 0 aromatic carbocycles. The van der Waals surface area contributed by atoms with Crippen LogP contribution in [0.15, 0.2) is 16.5 Å². The van der Waals surface area contributed by atoms with Gasteiger partial charge in [0.25, 0.3) is 5.91 Å². The number of nitrogens with one attached hydrogen (secondary N) is 2. The Morgan fingerprint density at radius 2 is 2.35 bits per heavy atom. The first-order valence-electron chi connectivity index (χ1n) is 5.09. The van der Waals surface area contributed by atoms with Gasteiger partial charge in [0.05, 0.1) is 6.10 Å². The van der Waals surface area contributed by atoms with Gasteiger partial charge in [-0.15, -0.1) is 12.4 Å². The molecular weight excluding hydrogens is 267 g/mol. The summed E-state index contributed by atoms with van der Waals surface area (Å²) in [6.07, 6.45) is -0.402. The van der Waals surface area contributed by atoms with Crippen molar-refractivity contribution in [2.45, 2.75) is 6.10 Å². The number of rotatable bonds is 3. The van der Waals surface area contributed by atoms with Crippen molar-refractivity contribution < 1.29 is 14.3 Å². The highest BCUT2D eigenvalue weighted by molar-refractivity contribution is 6.29. The second-order valence-electron chi connectivity index (χ2n) is 3.80. The molecule has 1 aliphatic heterocycles. The lowest BCUT2D eigenvalue weighted by atomic mass is 10.1. The van der Waals surface area contributed by atoms with E-state index < -0.39 is 6.10 Å². The van der Waals surface area contributed by atoms with Crippen molar-refractivity contribution in [3.63, 3.8) is 0 Å². The van der Waals surface area contributed by atoms with E-state index in [9.17, 15) is 9.90 Å². The summed E-state index contributed by atoms with van der Waals surface area (Å²) in [6.45, 7) is 1.71. The first-order chi connectivity index (χ1) is 7.66. The Hall–Kier alpha value is -0.750. The van der Waals surface area contributed by atoms with Crippen LogP contribution in [0.3, 0.4) is 0 Å². The smallest absolute Gasteiger partial charge is 0.287 e. The third-order valence-corrected chi connectivity index (χ3v) is 2.83. The lowest BCUT2D eigenvalue weighted by molar-refractivity contribution is 0.0900. The molecule has 7 heteroatoms. The summed E-state index contributed by atoms with van der Waals surface area (Å²) < 4.78 is 4.96. The number of carbonyl (C=O) groups excluding carboxylic acids is 1. The summed E-state index contributed by atoms with van der Waals surface area (Å²) in [5, 5.41) is 15.4. The van der Waals surface area contributed by atoms with Gasteiger partial charge in [0.15, 0.2) is 11.0 Å². The summed E-state index contributed by atoms with van der Waals surface area (Å²) in [5.74, 6) is -0.0779. The van der Waals surface area contributed by atoms with Gasteiger partial charge in [-0.1, -0.05) is 0 Å². The Morgan fingerprint density at radius 3 is 2.88 bits per heavy atom. The largest absolute Gasteiger partial charge is 0.440 e. The van der Waals surface area contributed by atoms with Crippen LogP contribution >= 0.6 is 24.0 Å². The molecule has 96 valence electrons. The van der Waals surface area contributed by atoms with Crippen LogP contribution in [-0.2, 0) is 0 Å². The maximum atomic E-state index is 11.6. The lowest BCUT2D eigenvalue weighted by Crippen LogP contribution is -2.34. The van der Waals surface area contributed by atoms with Crippen LogP contribution in [0.1, 0.15) is 10.6 Å². The van der Waals surface area contributed by atoms with Gasteiger partial charge >= 0.3 is 0 Å². The van der Waals surface area contributed by atoms with Crippen LogP contribution in [0.25, 0.3) is 0 Å². The molecule has 1 aromatic rings. The van der Waals surface area contributed by atoms with E-state index in [4.69, 9.17) is 16.0 Å². The minimum atomic E-state index is -0.402. The quantitative estimate of drug-likeness (QED) is 0.761. The number of hydrogen-bond donors (Lipinski definition) is 3. The van der Waals surface area contributed by atoms with Crippen molar-refractivity contribution in [2.24, 2.45) is 5.92 Å². The topological polar surface area (TPSA) is 74.5 Å². The number of halogens is 2. The maximum absolute atomic E-state index is 11.6. The summed E-state index contributed by atoms with van der Waals surface area (Å²) >= 11 is 5.56. The average molecular weight is 281 g/mol. The van der Waals surface area contributed by atoms with Crippen LogP contribution in [0.2, 0.25) is 5.22 Å². The molecule has 5 nitrogen and oxygen atoms in total. The van der Waals surface area contributed by atoms with Crippen LogP contribution in [0.5, 0.6) is 0 Å². The minimum Gasteiger partial charge on any atom is -0.440 e. The lowest BCUT2D eigenvalue weighted by Gasteiger charge is -2.13. The van der Waals surface area contributed by atoms with Crippen LogP contribution in [0, 0.1) is 5.92 Å². The third kappa shape index (κ3) is 3.61. The Labute approximate surface area is 110 Å². The average Bonchev–Trinajstić information content (AvgIpc) is 2.84. The molecule has 0 spiro atoms. The number of hydrogen-bond acceptors (Lipinski definition) is 4. The Morgan fingerprint density at radius 1 is 1.59 bits per heavy atom. The van der Waals surface area contributed by atoms with E-state index in [1.807, 2.05) is 0 Å². The van der Waals surface area contributed by atoms with Crippen molar-refractivity contribution in [3.8, 4) is 0 Å². The van der Waals surface area contributed by atoms with Crippen LogP contribution in [0.4, 0.5) is 0 Å². The standard InChI is InChI=1S/C10H13ClN2O3.ClH/c11-9-2-1-8(16-9)10(15)13-4-6-3-12-5-7(6)14;/h1-2,6-7,12,14H,3-5H2,(H,13,15);1H. The first-order valence-corrected chi connectivity index (χ1v) is 5.47. The molecule has 3 N–H and O–H groups in total. The molecule has 0 saturated carbocycles. The second kappa shape index (κ2) is 6.26. The zero-order chi connectivity index (χ0) is 11.5. The summed E-state index contributed by atoms with van der Waals surface area (Å²) in [6, 6.07) is 3.03. The van der Waals surface area contributed by atoms with Crippen molar-refractivity contribution >= 4 is 29.9 Å². The van der Waals surface area contributed by atoms with Gasteiger partial charge in [-0.3, -0.25) is 4.79 Å². The molecule has 1 aromatic heterocycles. The van der Waals surface area contributed by atoms with E-state index in [2.05, 4.69) is 10.6 Å². The van der Waals surface area contributed by atoms with E-state index >= 15 is 0 Å². The number of β-amino-alcohol motifs (C(OH)–C–C–N with tert-alkyl or cyclic N) is 1. The molecule has 2 unspecified atom stereocenters. The van der Waals surface area contributed by atoms with Crippen molar-refractivity contribution in [2.75, 3.05) is 19.6 Å². The first kappa shape index (κ1) is 14.3. The van der Waals surface area contributed by atoms with E-state index in [0.29, 0.717) is 19.6 Å². The van der Waals surface area contributed by atoms with Gasteiger partial charge in [-0.05, 0) is 23.7 Å². The fourth-order valence-corrected chi connectivity index (χ4v) is 1.82. The zero-order valence-corrected chi connectivity index (χ0v) is 10.6. The molecule has 17 heavy (non-hydrogen) atoms. The van der Waals surface area contributed by atoms with Crippen molar-refractivity contribution in [1.29, 1.82) is 0 Å². The normalized spacial score (nSPS) is 23.2. The molecule has 0 aliphatic carbocycles. The fourth-order valence-electron chi connectivity index (χ4n) is 1.67. The highest BCUT2D eigenvalue weighted by atomic mass is 35.5. The van der Waals surface area contributed by atoms with E-state index in [-0.39, 0.29) is 35.2 Å². The van der Waals surface area contributed by atoms with Gasteiger partial charge in [0.2, 0.25) is 0 Å². The molecule has 2 atom stereocenters. The van der Waals surface area contributed by atoms with Gasteiger partial charge in [0.1, 0.15) is 0 Å². The number of furan rings is 1. The second-order valence-corrected chi connectivity index (χ2v) is 4.17. The Bertz CT molecular complexity index is 383. The van der Waals surface area contributed by atoms with E-state index in [0.717, 1.165) is 0 Å². The summed E-state index contributed by atoms with van der Waals surface area (Å²) in [7, 11) is 0. The SMILES string of the molecule is Cl.O=C(NCC1CNCC1O)c1ccc(Cl)o1. The number of aliphatic hydroxyl groups excluding tert-OH is 1. The van der Waals surface area contributed by atoms with Gasteiger partial charge in [-0.2, -0.15) is 0 Å². The molecule has 1 aliphatic rings. The van der Waals surface area contributed by atoms with Crippen molar-refractivity contribution in [3.05, 3.63) is 23.1 Å². The molecular formula is C10H14Cl2N2O3. The monoisotopic (exact) mass is 280 g/mol. The molecule has 1 fully saturated rings. The number of aliphatic hydroxyl groups is 1. The molecule has 2 heterocycles. The van der Waals surface area contributed by atoms with Gasteiger partial charge in [0, 0.05) is 25.6 Å². The van der Waals surface area contributed by atoms with Gasteiger partial charge in [-0.25, -0.2) is 0 Å². The number of carbonyl (C=O) groups is 1. The highest BCUT2D eigenvalue weighted by Crippen LogP contribution is 2.13. The molecule has 1 amide bonds. The fraction of sp³-hybridized carbons (Fsp3) is 0.500. The maximum Gasteiger partial charge on any atom is 0.287 e. The molecule has 0 bridgehead atoms. The predicted molar refractivity (Wildman–Crippen MR) is 65.7 cm³/mol. The zero-order valence-electron chi connectivity index (χ0n) is 8.98. The highest BCUT2D eigenvalue weighted by Gasteiger charge is 2.25. The van der Waals surface area contributed by atoms with E-state index in [1.54, 1.807) is 0 Å². The van der Waals surface area contributed by atoms with Crippen LogP contribution in [-0.4, -0.2) is 36.8 Å². The minimum absolute atomic E-state index is 0. The summed E-state index contributed by atoms with van der Waals surface area (Å²) in [4.78, 5) is 11.6. The van der Waals surface area contributed by atoms with Gasteiger partial charge < -0.3 is 20.2 Å². The Kier molecular flexibility index (Phi) is 5.27. The molecule has 2 rings (SSSR count). The predicted octanol–water partition coefficient (Wildman–Crippen LogP) is 0.665. The molecule has 1 saturated heterocycles. The van der Waals surface area contributed by atoms with Crippen LogP contribution < -0.4 is 10.6 Å². The number of amides is 1. The Balaban J connectivity index is 0.00000144.